The van der Waals surface area contributed by atoms with Crippen molar-refractivity contribution in [2.24, 2.45) is 0 Å². The molecule has 1 amide bonds. The van der Waals surface area contributed by atoms with Crippen molar-refractivity contribution in [3.63, 3.8) is 0 Å². The van der Waals surface area contributed by atoms with Gasteiger partial charge in [-0.2, -0.15) is 0 Å². The third-order valence-corrected chi connectivity index (χ3v) is 4.03. The predicted molar refractivity (Wildman–Crippen MR) is 63.5 cm³/mol. The van der Waals surface area contributed by atoms with E-state index in [1.54, 1.807) is 6.92 Å². The molecule has 2 rings (SSSR count). The van der Waals surface area contributed by atoms with Gasteiger partial charge in [0.05, 0.1) is 6.54 Å². The zero-order chi connectivity index (χ0) is 10.8. The van der Waals surface area contributed by atoms with Crippen molar-refractivity contribution in [3.8, 4) is 0 Å². The third kappa shape index (κ3) is 2.52. The second-order valence-electron chi connectivity index (χ2n) is 3.85. The van der Waals surface area contributed by atoms with Gasteiger partial charge in [-0.3, -0.25) is 4.79 Å². The number of carbonyl (C=O) groups excluding carboxylic acids is 1. The minimum atomic E-state index is -0.447. The van der Waals surface area contributed by atoms with Gasteiger partial charge >= 0.3 is 0 Å². The SMILES string of the molecule is CC(Cl)C(=O)NCc1cc2c(s1)CCC2. The first kappa shape index (κ1) is 11.0. The summed E-state index contributed by atoms with van der Waals surface area (Å²) in [6.07, 6.45) is 3.69. The lowest BCUT2D eigenvalue weighted by molar-refractivity contribution is -0.120. The number of hydrogen-bond donors (Lipinski definition) is 1. The average Bonchev–Trinajstić information content (AvgIpc) is 2.72. The molecule has 1 N–H and O–H groups in total. The van der Waals surface area contributed by atoms with E-state index in [2.05, 4.69) is 11.4 Å². The lowest BCUT2D eigenvalue weighted by atomic mass is 10.2. The molecule has 1 unspecified atom stereocenters. The van der Waals surface area contributed by atoms with E-state index in [1.807, 2.05) is 11.3 Å². The summed E-state index contributed by atoms with van der Waals surface area (Å²) in [5, 5.41) is 2.38. The molecule has 15 heavy (non-hydrogen) atoms. The number of thiophene rings is 1. The number of nitrogens with one attached hydrogen (secondary N) is 1. The number of amides is 1. The van der Waals surface area contributed by atoms with Crippen LogP contribution in [0.1, 0.15) is 28.7 Å². The van der Waals surface area contributed by atoms with Gasteiger partial charge in [0.15, 0.2) is 0 Å². The highest BCUT2D eigenvalue weighted by molar-refractivity contribution is 7.12. The van der Waals surface area contributed by atoms with E-state index >= 15 is 0 Å². The smallest absolute Gasteiger partial charge is 0.238 e. The van der Waals surface area contributed by atoms with Gasteiger partial charge in [0.2, 0.25) is 5.91 Å². The first-order chi connectivity index (χ1) is 7.16. The fraction of sp³-hybridized carbons (Fsp3) is 0.545. The minimum absolute atomic E-state index is 0.0924. The van der Waals surface area contributed by atoms with Crippen molar-refractivity contribution in [3.05, 3.63) is 21.4 Å². The van der Waals surface area contributed by atoms with Crippen molar-refractivity contribution in [1.82, 2.24) is 5.32 Å². The van der Waals surface area contributed by atoms with E-state index in [9.17, 15) is 4.79 Å². The van der Waals surface area contributed by atoms with E-state index in [4.69, 9.17) is 11.6 Å². The molecule has 0 aliphatic heterocycles. The number of fused-ring (bicyclic) bond motifs is 1. The Morgan fingerprint density at radius 1 is 1.67 bits per heavy atom. The minimum Gasteiger partial charge on any atom is -0.350 e. The predicted octanol–water partition coefficient (Wildman–Crippen LogP) is 2.48. The van der Waals surface area contributed by atoms with Crippen LogP contribution in [0.5, 0.6) is 0 Å². The maximum absolute atomic E-state index is 11.3. The summed E-state index contributed by atoms with van der Waals surface area (Å²) < 4.78 is 0. The first-order valence-corrected chi connectivity index (χ1v) is 6.44. The van der Waals surface area contributed by atoms with Gasteiger partial charge in [-0.05, 0) is 37.8 Å². The van der Waals surface area contributed by atoms with Crippen LogP contribution in [0.15, 0.2) is 6.07 Å². The Labute approximate surface area is 98.6 Å². The lowest BCUT2D eigenvalue weighted by Gasteiger charge is -2.04. The number of aryl methyl sites for hydroxylation is 2. The molecule has 0 aromatic carbocycles. The van der Waals surface area contributed by atoms with Gasteiger partial charge < -0.3 is 5.32 Å². The van der Waals surface area contributed by atoms with Crippen LogP contribution in [0.4, 0.5) is 0 Å². The molecule has 0 saturated carbocycles. The van der Waals surface area contributed by atoms with E-state index in [-0.39, 0.29) is 5.91 Å². The van der Waals surface area contributed by atoms with Crippen molar-refractivity contribution in [1.29, 1.82) is 0 Å². The van der Waals surface area contributed by atoms with Crippen molar-refractivity contribution >= 4 is 28.8 Å². The Morgan fingerprint density at radius 3 is 3.13 bits per heavy atom. The fourth-order valence-electron chi connectivity index (χ4n) is 1.79. The van der Waals surface area contributed by atoms with Crippen LogP contribution >= 0.6 is 22.9 Å². The molecule has 0 fully saturated rings. The van der Waals surface area contributed by atoms with Crippen LogP contribution in [0.25, 0.3) is 0 Å². The number of hydrogen-bond acceptors (Lipinski definition) is 2. The molecular weight excluding hydrogens is 230 g/mol. The summed E-state index contributed by atoms with van der Waals surface area (Å²) in [6.45, 7) is 2.30. The van der Waals surface area contributed by atoms with Crippen molar-refractivity contribution < 1.29 is 4.79 Å². The second kappa shape index (κ2) is 4.54. The highest BCUT2D eigenvalue weighted by atomic mass is 35.5. The topological polar surface area (TPSA) is 29.1 Å². The lowest BCUT2D eigenvalue weighted by Crippen LogP contribution is -2.28. The second-order valence-corrected chi connectivity index (χ2v) is 5.72. The molecule has 82 valence electrons. The molecule has 1 atom stereocenters. The number of halogens is 1. The third-order valence-electron chi connectivity index (χ3n) is 2.60. The van der Waals surface area contributed by atoms with Gasteiger partial charge in [-0.1, -0.05) is 0 Å². The summed E-state index contributed by atoms with van der Waals surface area (Å²) in [7, 11) is 0. The maximum atomic E-state index is 11.3. The van der Waals surface area contributed by atoms with Crippen molar-refractivity contribution in [2.45, 2.75) is 38.1 Å². The Bertz CT molecular complexity index is 351. The number of rotatable bonds is 3. The molecule has 0 bridgehead atoms. The highest BCUT2D eigenvalue weighted by Gasteiger charge is 2.15. The van der Waals surface area contributed by atoms with Crippen LogP contribution in [-0.2, 0) is 24.2 Å². The van der Waals surface area contributed by atoms with Gasteiger partial charge in [0, 0.05) is 9.75 Å². The highest BCUT2D eigenvalue weighted by Crippen LogP contribution is 2.30. The maximum Gasteiger partial charge on any atom is 0.238 e. The first-order valence-electron chi connectivity index (χ1n) is 5.19. The Balaban J connectivity index is 1.92. The zero-order valence-corrected chi connectivity index (χ0v) is 10.3. The van der Waals surface area contributed by atoms with Gasteiger partial charge in [0.25, 0.3) is 0 Å². The monoisotopic (exact) mass is 243 g/mol. The summed E-state index contributed by atoms with van der Waals surface area (Å²) in [6, 6.07) is 2.21. The standard InChI is InChI=1S/C11H14ClNOS/c1-7(12)11(14)13-6-9-5-8-3-2-4-10(8)15-9/h5,7H,2-4,6H2,1H3,(H,13,14). The summed E-state index contributed by atoms with van der Waals surface area (Å²) >= 11 is 7.48. The van der Waals surface area contributed by atoms with E-state index in [1.165, 1.54) is 34.6 Å². The number of carbonyl (C=O) groups is 1. The van der Waals surface area contributed by atoms with Crippen LogP contribution in [0.2, 0.25) is 0 Å². The van der Waals surface area contributed by atoms with Crippen LogP contribution in [0.3, 0.4) is 0 Å². The molecule has 1 aromatic rings. The van der Waals surface area contributed by atoms with E-state index < -0.39 is 5.38 Å². The molecule has 1 aliphatic carbocycles. The van der Waals surface area contributed by atoms with E-state index in [0.717, 1.165) is 0 Å². The van der Waals surface area contributed by atoms with Crippen molar-refractivity contribution in [2.75, 3.05) is 0 Å². The Morgan fingerprint density at radius 2 is 2.47 bits per heavy atom. The van der Waals surface area contributed by atoms with Gasteiger partial charge in [-0.15, -0.1) is 22.9 Å². The van der Waals surface area contributed by atoms with Gasteiger partial charge in [-0.25, -0.2) is 0 Å². The van der Waals surface area contributed by atoms with Crippen LogP contribution < -0.4 is 5.32 Å². The Kier molecular flexibility index (Phi) is 3.32. The fourth-order valence-corrected chi connectivity index (χ4v) is 3.07. The Hall–Kier alpha value is -0.540. The normalized spacial score (nSPS) is 16.1. The molecule has 1 aliphatic rings. The number of alkyl halides is 1. The van der Waals surface area contributed by atoms with E-state index in [0.29, 0.717) is 6.54 Å². The zero-order valence-electron chi connectivity index (χ0n) is 8.68. The molecule has 1 aromatic heterocycles. The molecular formula is C11H14ClNOS. The molecule has 0 saturated heterocycles. The average molecular weight is 244 g/mol. The van der Waals surface area contributed by atoms with Gasteiger partial charge in [0.1, 0.15) is 5.38 Å². The molecule has 1 heterocycles. The summed E-state index contributed by atoms with van der Waals surface area (Å²) in [5.74, 6) is -0.0924. The molecule has 0 spiro atoms. The summed E-state index contributed by atoms with van der Waals surface area (Å²) in [4.78, 5) is 14.0. The molecule has 4 heteroatoms. The van der Waals surface area contributed by atoms with Crippen LogP contribution in [-0.4, -0.2) is 11.3 Å². The van der Waals surface area contributed by atoms with Crippen LogP contribution in [0, 0.1) is 0 Å². The summed E-state index contributed by atoms with van der Waals surface area (Å²) in [5.41, 5.74) is 1.48. The molecule has 0 radical (unpaired) electrons. The molecule has 2 nitrogen and oxygen atoms in total. The quantitative estimate of drug-likeness (QED) is 0.812. The largest absolute Gasteiger partial charge is 0.350 e.